The van der Waals surface area contributed by atoms with Crippen LogP contribution in [0.5, 0.6) is 5.75 Å². The summed E-state index contributed by atoms with van der Waals surface area (Å²) in [6, 6.07) is 4.15. The van der Waals surface area contributed by atoms with Gasteiger partial charge in [-0.25, -0.2) is 8.78 Å². The van der Waals surface area contributed by atoms with E-state index in [0.29, 0.717) is 6.54 Å². The molecule has 1 fully saturated rings. The van der Waals surface area contributed by atoms with Gasteiger partial charge in [-0.05, 0) is 18.9 Å². The lowest BCUT2D eigenvalue weighted by Crippen LogP contribution is -2.32. The van der Waals surface area contributed by atoms with Gasteiger partial charge in [-0.3, -0.25) is 0 Å². The van der Waals surface area contributed by atoms with Crippen molar-refractivity contribution in [3.63, 3.8) is 0 Å². The lowest BCUT2D eigenvalue weighted by Gasteiger charge is -2.28. The van der Waals surface area contributed by atoms with Gasteiger partial charge in [-0.15, -0.1) is 0 Å². The molecule has 94 valence electrons. The van der Waals surface area contributed by atoms with Gasteiger partial charge < -0.3 is 10.8 Å². The zero-order valence-electron chi connectivity index (χ0n) is 9.63. The molecule has 0 amide bonds. The number of alkyl halides is 2. The zero-order valence-corrected chi connectivity index (χ0v) is 9.63. The van der Waals surface area contributed by atoms with Crippen LogP contribution in [0.3, 0.4) is 0 Å². The van der Waals surface area contributed by atoms with Crippen molar-refractivity contribution < 1.29 is 13.9 Å². The summed E-state index contributed by atoms with van der Waals surface area (Å²) in [5.74, 6) is -0.0462. The maximum absolute atomic E-state index is 12.5. The number of hydrogen-bond acceptors (Lipinski definition) is 2. The average molecular weight is 241 g/mol. The van der Waals surface area contributed by atoms with Crippen molar-refractivity contribution in [3.05, 3.63) is 29.3 Å². The Morgan fingerprint density at radius 2 is 1.94 bits per heavy atom. The average Bonchev–Trinajstić information content (AvgIpc) is 2.78. The summed E-state index contributed by atoms with van der Waals surface area (Å²) in [5, 5.41) is 9.91. The van der Waals surface area contributed by atoms with Crippen molar-refractivity contribution in [1.29, 1.82) is 0 Å². The van der Waals surface area contributed by atoms with Crippen molar-refractivity contribution >= 4 is 0 Å². The van der Waals surface area contributed by atoms with Crippen molar-refractivity contribution in [3.8, 4) is 5.75 Å². The number of benzene rings is 1. The first-order chi connectivity index (χ1) is 8.09. The molecule has 0 aromatic heterocycles. The molecule has 0 aliphatic heterocycles. The molecule has 1 aliphatic rings. The molecule has 0 atom stereocenters. The van der Waals surface area contributed by atoms with Gasteiger partial charge in [0.1, 0.15) is 5.75 Å². The molecule has 17 heavy (non-hydrogen) atoms. The Morgan fingerprint density at radius 1 is 1.29 bits per heavy atom. The first-order valence-electron chi connectivity index (χ1n) is 5.91. The molecule has 3 N–H and O–H groups in total. The quantitative estimate of drug-likeness (QED) is 0.854. The monoisotopic (exact) mass is 241 g/mol. The summed E-state index contributed by atoms with van der Waals surface area (Å²) in [5.41, 5.74) is 6.17. The van der Waals surface area contributed by atoms with Gasteiger partial charge in [0.05, 0.1) is 0 Å². The van der Waals surface area contributed by atoms with Gasteiger partial charge >= 0.3 is 0 Å². The van der Waals surface area contributed by atoms with E-state index in [0.717, 1.165) is 37.3 Å². The van der Waals surface area contributed by atoms with Gasteiger partial charge in [0, 0.05) is 23.1 Å². The number of rotatable bonds is 3. The minimum absolute atomic E-state index is 0.0462. The van der Waals surface area contributed by atoms with Gasteiger partial charge in [-0.2, -0.15) is 0 Å². The summed E-state index contributed by atoms with van der Waals surface area (Å²) in [7, 11) is 0. The molecule has 0 saturated heterocycles. The van der Waals surface area contributed by atoms with Crippen LogP contribution < -0.4 is 5.73 Å². The summed E-state index contributed by atoms with van der Waals surface area (Å²) >= 11 is 0. The third-order valence-corrected chi connectivity index (χ3v) is 3.80. The molecule has 0 bridgehead atoms. The Hall–Kier alpha value is -1.16. The van der Waals surface area contributed by atoms with Gasteiger partial charge in [0.15, 0.2) is 0 Å². The van der Waals surface area contributed by atoms with Crippen LogP contribution in [-0.2, 0) is 5.41 Å². The largest absolute Gasteiger partial charge is 0.508 e. The summed E-state index contributed by atoms with van der Waals surface area (Å²) in [6.07, 6.45) is 1.45. The predicted octanol–water partition coefficient (Wildman–Crippen LogP) is 3.10. The van der Waals surface area contributed by atoms with E-state index >= 15 is 0 Å². The highest BCUT2D eigenvalue weighted by atomic mass is 19.3. The fraction of sp³-hybridized carbons (Fsp3) is 0.538. The molecular formula is C13H17F2NO. The van der Waals surface area contributed by atoms with Crippen LogP contribution in [0.15, 0.2) is 18.2 Å². The first-order valence-corrected chi connectivity index (χ1v) is 5.91. The molecule has 1 aromatic rings. The third kappa shape index (κ3) is 2.14. The number of phenolic OH excluding ortho intramolecular Hbond substituents is 1. The lowest BCUT2D eigenvalue weighted by atomic mass is 9.78. The van der Waals surface area contributed by atoms with Crippen molar-refractivity contribution in [1.82, 2.24) is 0 Å². The van der Waals surface area contributed by atoms with E-state index < -0.39 is 6.43 Å². The van der Waals surface area contributed by atoms with Crippen LogP contribution in [0.4, 0.5) is 8.78 Å². The van der Waals surface area contributed by atoms with E-state index in [9.17, 15) is 13.9 Å². The van der Waals surface area contributed by atoms with Crippen LogP contribution in [0.2, 0.25) is 0 Å². The molecule has 2 rings (SSSR count). The first kappa shape index (κ1) is 12.3. The van der Waals surface area contributed by atoms with Gasteiger partial charge in [0.2, 0.25) is 0 Å². The SMILES string of the molecule is NCC1(c2ccc(C(F)F)cc2O)CCCC1. The molecule has 1 saturated carbocycles. The number of phenols is 1. The molecule has 0 radical (unpaired) electrons. The highest BCUT2D eigenvalue weighted by Gasteiger charge is 2.36. The van der Waals surface area contributed by atoms with Crippen LogP contribution >= 0.6 is 0 Å². The highest BCUT2D eigenvalue weighted by molar-refractivity contribution is 5.43. The Balaban J connectivity index is 2.38. The molecular weight excluding hydrogens is 224 g/mol. The van der Waals surface area contributed by atoms with Crippen molar-refractivity contribution in [2.45, 2.75) is 37.5 Å². The topological polar surface area (TPSA) is 46.2 Å². The summed E-state index contributed by atoms with van der Waals surface area (Å²) < 4.78 is 25.0. The molecule has 0 spiro atoms. The number of halogens is 2. The Morgan fingerprint density at radius 3 is 2.41 bits per heavy atom. The molecule has 4 heteroatoms. The lowest BCUT2D eigenvalue weighted by molar-refractivity contribution is 0.151. The van der Waals surface area contributed by atoms with Gasteiger partial charge in [0.25, 0.3) is 6.43 Å². The van der Waals surface area contributed by atoms with Crippen molar-refractivity contribution in [2.75, 3.05) is 6.54 Å². The molecule has 0 heterocycles. The summed E-state index contributed by atoms with van der Waals surface area (Å²) in [6.45, 7) is 0.453. The van der Waals surface area contributed by atoms with Crippen molar-refractivity contribution in [2.24, 2.45) is 5.73 Å². The minimum Gasteiger partial charge on any atom is -0.508 e. The maximum Gasteiger partial charge on any atom is 0.263 e. The van der Waals surface area contributed by atoms with E-state index in [1.807, 2.05) is 0 Å². The van der Waals surface area contributed by atoms with E-state index in [1.165, 1.54) is 6.07 Å². The Kier molecular flexibility index (Phi) is 3.33. The van der Waals surface area contributed by atoms with E-state index in [-0.39, 0.29) is 16.7 Å². The predicted molar refractivity (Wildman–Crippen MR) is 62.3 cm³/mol. The van der Waals surface area contributed by atoms with E-state index in [4.69, 9.17) is 5.73 Å². The standard InChI is InChI=1S/C13H17F2NO/c14-12(15)9-3-4-10(11(17)7-9)13(8-16)5-1-2-6-13/h3-4,7,12,17H,1-2,5-6,8,16H2. The van der Waals surface area contributed by atoms with Crippen LogP contribution in [0.1, 0.15) is 43.2 Å². The third-order valence-electron chi connectivity index (χ3n) is 3.80. The highest BCUT2D eigenvalue weighted by Crippen LogP contribution is 2.44. The van der Waals surface area contributed by atoms with E-state index in [2.05, 4.69) is 0 Å². The number of hydrogen-bond donors (Lipinski definition) is 2. The molecule has 1 aliphatic carbocycles. The fourth-order valence-corrected chi connectivity index (χ4v) is 2.77. The smallest absolute Gasteiger partial charge is 0.263 e. The minimum atomic E-state index is -2.55. The van der Waals surface area contributed by atoms with Gasteiger partial charge in [-0.1, -0.05) is 25.0 Å². The maximum atomic E-state index is 12.5. The number of aromatic hydroxyl groups is 1. The second-order valence-corrected chi connectivity index (χ2v) is 4.77. The molecule has 2 nitrogen and oxygen atoms in total. The van der Waals surface area contributed by atoms with E-state index in [1.54, 1.807) is 6.07 Å². The Labute approximate surface area is 99.4 Å². The summed E-state index contributed by atoms with van der Waals surface area (Å²) in [4.78, 5) is 0. The molecule has 1 aromatic carbocycles. The second kappa shape index (κ2) is 4.61. The molecule has 0 unspecified atom stereocenters. The zero-order chi connectivity index (χ0) is 12.5. The Bertz CT molecular complexity index is 400. The van der Waals surface area contributed by atoms with Crippen LogP contribution in [-0.4, -0.2) is 11.7 Å². The number of nitrogens with two attached hydrogens (primary N) is 1. The second-order valence-electron chi connectivity index (χ2n) is 4.77. The normalized spacial score (nSPS) is 18.8. The van der Waals surface area contributed by atoms with Crippen LogP contribution in [0, 0.1) is 0 Å². The fourth-order valence-electron chi connectivity index (χ4n) is 2.77. The van der Waals surface area contributed by atoms with Crippen LogP contribution in [0.25, 0.3) is 0 Å².